The second-order valence-electron chi connectivity index (χ2n) is 8.44. The van der Waals surface area contributed by atoms with Gasteiger partial charge in [0.25, 0.3) is 5.78 Å². The van der Waals surface area contributed by atoms with Gasteiger partial charge in [0, 0.05) is 24.9 Å². The minimum absolute atomic E-state index is 0.00633. The fourth-order valence-corrected chi connectivity index (χ4v) is 4.54. The van der Waals surface area contributed by atoms with E-state index in [1.54, 1.807) is 0 Å². The highest BCUT2D eigenvalue weighted by atomic mass is 19.4. The standard InChI is InChI=1S/C23H33F3N2O/c24-23(25,26)22(29)20-11-12-21(27-15-13-18-7-3-1-4-8-18)28(17-20)16-14-19-9-5-2-6-10-19/h7,9,17,21,27H,1-6,8,10-16H2. The van der Waals surface area contributed by atoms with Crippen LogP contribution in [0.1, 0.15) is 77.0 Å². The summed E-state index contributed by atoms with van der Waals surface area (Å²) in [6.07, 6.45) is 13.3. The number of ketones is 1. The summed E-state index contributed by atoms with van der Waals surface area (Å²) in [7, 11) is 0. The van der Waals surface area contributed by atoms with Crippen LogP contribution in [0.5, 0.6) is 0 Å². The molecule has 1 unspecified atom stereocenters. The van der Waals surface area contributed by atoms with E-state index < -0.39 is 12.0 Å². The van der Waals surface area contributed by atoms with E-state index in [-0.39, 0.29) is 18.2 Å². The Morgan fingerprint density at radius 1 is 1.00 bits per heavy atom. The lowest BCUT2D eigenvalue weighted by molar-refractivity contribution is -0.167. The zero-order valence-corrected chi connectivity index (χ0v) is 17.2. The summed E-state index contributed by atoms with van der Waals surface area (Å²) in [5, 5.41) is 3.53. The molecule has 0 radical (unpaired) electrons. The summed E-state index contributed by atoms with van der Waals surface area (Å²) in [5.74, 6) is -1.69. The molecule has 1 aliphatic heterocycles. The summed E-state index contributed by atoms with van der Waals surface area (Å²) in [4.78, 5) is 13.7. The van der Waals surface area contributed by atoms with E-state index in [9.17, 15) is 18.0 Å². The highest BCUT2D eigenvalue weighted by Crippen LogP contribution is 2.29. The predicted octanol–water partition coefficient (Wildman–Crippen LogP) is 5.79. The number of halogens is 3. The average Bonchev–Trinajstić information content (AvgIpc) is 2.73. The van der Waals surface area contributed by atoms with Gasteiger partial charge in [-0.2, -0.15) is 13.2 Å². The molecule has 0 fully saturated rings. The maximum Gasteiger partial charge on any atom is 0.454 e. The lowest BCUT2D eigenvalue weighted by Gasteiger charge is -2.36. The summed E-state index contributed by atoms with van der Waals surface area (Å²) < 4.78 is 38.7. The second-order valence-corrected chi connectivity index (χ2v) is 8.44. The minimum atomic E-state index is -4.79. The van der Waals surface area contributed by atoms with Crippen molar-refractivity contribution in [2.45, 2.75) is 89.4 Å². The summed E-state index contributed by atoms with van der Waals surface area (Å²) >= 11 is 0. The van der Waals surface area contributed by atoms with E-state index in [0.29, 0.717) is 13.0 Å². The van der Waals surface area contributed by atoms with Gasteiger partial charge in [-0.3, -0.25) is 10.1 Å². The third kappa shape index (κ3) is 6.73. The van der Waals surface area contributed by atoms with Crippen LogP contribution in [0.2, 0.25) is 0 Å². The molecule has 0 saturated carbocycles. The van der Waals surface area contributed by atoms with Crippen LogP contribution < -0.4 is 5.32 Å². The van der Waals surface area contributed by atoms with E-state index in [2.05, 4.69) is 17.5 Å². The number of rotatable bonds is 8. The van der Waals surface area contributed by atoms with Gasteiger partial charge in [0.05, 0.1) is 6.17 Å². The molecular formula is C23H33F3N2O. The summed E-state index contributed by atoms with van der Waals surface area (Å²) in [6, 6.07) is 0. The van der Waals surface area contributed by atoms with Gasteiger partial charge in [0.1, 0.15) is 0 Å². The second kappa shape index (κ2) is 10.5. The van der Waals surface area contributed by atoms with Crippen molar-refractivity contribution in [3.63, 3.8) is 0 Å². The van der Waals surface area contributed by atoms with Gasteiger partial charge in [0.15, 0.2) is 0 Å². The first-order valence-corrected chi connectivity index (χ1v) is 11.1. The van der Waals surface area contributed by atoms with Crippen molar-refractivity contribution in [2.24, 2.45) is 0 Å². The van der Waals surface area contributed by atoms with E-state index in [0.717, 1.165) is 45.1 Å². The molecular weight excluding hydrogens is 377 g/mol. The summed E-state index contributed by atoms with van der Waals surface area (Å²) in [5.41, 5.74) is 2.77. The van der Waals surface area contributed by atoms with Crippen LogP contribution in [-0.4, -0.2) is 36.1 Å². The van der Waals surface area contributed by atoms with Crippen molar-refractivity contribution in [3.8, 4) is 0 Å². The largest absolute Gasteiger partial charge is 0.454 e. The number of allylic oxidation sites excluding steroid dienone is 3. The first-order valence-electron chi connectivity index (χ1n) is 11.1. The number of Topliss-reactive ketones (excluding diaryl/α,β-unsaturated/α-hetero) is 1. The maximum atomic E-state index is 12.9. The van der Waals surface area contributed by atoms with Crippen LogP contribution in [0.3, 0.4) is 0 Å². The summed E-state index contributed by atoms with van der Waals surface area (Å²) in [6.45, 7) is 1.48. The fraction of sp³-hybridized carbons (Fsp3) is 0.696. The van der Waals surface area contributed by atoms with E-state index >= 15 is 0 Å². The van der Waals surface area contributed by atoms with Gasteiger partial charge < -0.3 is 4.90 Å². The first-order chi connectivity index (χ1) is 13.9. The molecule has 2 aliphatic carbocycles. The van der Waals surface area contributed by atoms with E-state index in [1.165, 1.54) is 43.0 Å². The molecule has 162 valence electrons. The van der Waals surface area contributed by atoms with Crippen LogP contribution in [-0.2, 0) is 4.79 Å². The number of nitrogens with one attached hydrogen (secondary N) is 1. The number of hydrogen-bond donors (Lipinski definition) is 1. The SMILES string of the molecule is O=C(C1=CN(CCC2=CCCCC2)C(NCCC2=CCCCC2)CC1)C(F)(F)F. The molecule has 0 bridgehead atoms. The van der Waals surface area contributed by atoms with Gasteiger partial charge >= 0.3 is 6.18 Å². The molecule has 1 N–H and O–H groups in total. The Morgan fingerprint density at radius 3 is 2.24 bits per heavy atom. The molecule has 0 aromatic heterocycles. The van der Waals surface area contributed by atoms with Crippen LogP contribution in [0.4, 0.5) is 13.2 Å². The lowest BCUT2D eigenvalue weighted by atomic mass is 9.95. The molecule has 0 spiro atoms. The molecule has 3 aliphatic rings. The number of alkyl halides is 3. The fourth-order valence-electron chi connectivity index (χ4n) is 4.54. The van der Waals surface area contributed by atoms with E-state index in [1.807, 2.05) is 4.90 Å². The number of hydrogen-bond acceptors (Lipinski definition) is 3. The Morgan fingerprint density at radius 2 is 1.66 bits per heavy atom. The number of nitrogens with zero attached hydrogens (tertiary/aromatic N) is 1. The predicted molar refractivity (Wildman–Crippen MR) is 109 cm³/mol. The third-order valence-electron chi connectivity index (χ3n) is 6.25. The minimum Gasteiger partial charge on any atom is -0.361 e. The Labute approximate surface area is 172 Å². The molecule has 29 heavy (non-hydrogen) atoms. The molecule has 3 rings (SSSR count). The molecule has 0 amide bonds. The molecule has 1 atom stereocenters. The van der Waals surface area contributed by atoms with Gasteiger partial charge in [0.2, 0.25) is 0 Å². The van der Waals surface area contributed by atoms with Crippen LogP contribution in [0, 0.1) is 0 Å². The Bertz CT molecular complexity index is 664. The van der Waals surface area contributed by atoms with Gasteiger partial charge in [-0.05, 0) is 77.0 Å². The highest BCUT2D eigenvalue weighted by molar-refractivity contribution is 5.99. The topological polar surface area (TPSA) is 32.3 Å². The molecule has 0 saturated heterocycles. The van der Waals surface area contributed by atoms with Crippen molar-refractivity contribution in [3.05, 3.63) is 35.1 Å². The van der Waals surface area contributed by atoms with Crippen molar-refractivity contribution < 1.29 is 18.0 Å². The smallest absolute Gasteiger partial charge is 0.361 e. The van der Waals surface area contributed by atoms with Crippen molar-refractivity contribution >= 4 is 5.78 Å². The van der Waals surface area contributed by atoms with Crippen molar-refractivity contribution in [1.82, 2.24) is 10.2 Å². The van der Waals surface area contributed by atoms with Gasteiger partial charge in [-0.1, -0.05) is 23.3 Å². The van der Waals surface area contributed by atoms with Crippen LogP contribution >= 0.6 is 0 Å². The maximum absolute atomic E-state index is 12.9. The molecule has 0 aromatic carbocycles. The van der Waals surface area contributed by atoms with Crippen molar-refractivity contribution in [2.75, 3.05) is 13.1 Å². The van der Waals surface area contributed by atoms with Gasteiger partial charge in [-0.25, -0.2) is 0 Å². The number of carbonyl (C=O) groups excluding carboxylic acids is 1. The molecule has 0 aromatic rings. The number of carbonyl (C=O) groups is 1. The molecule has 3 nitrogen and oxygen atoms in total. The lowest BCUT2D eigenvalue weighted by Crippen LogP contribution is -2.47. The third-order valence-corrected chi connectivity index (χ3v) is 6.25. The normalized spacial score (nSPS) is 23.3. The zero-order valence-electron chi connectivity index (χ0n) is 17.2. The highest BCUT2D eigenvalue weighted by Gasteiger charge is 2.41. The Balaban J connectivity index is 1.61. The zero-order chi connectivity index (χ0) is 20.7. The van der Waals surface area contributed by atoms with Crippen LogP contribution in [0.15, 0.2) is 35.1 Å². The van der Waals surface area contributed by atoms with E-state index in [4.69, 9.17) is 0 Å². The quantitative estimate of drug-likeness (QED) is 0.514. The monoisotopic (exact) mass is 410 g/mol. The average molecular weight is 411 g/mol. The van der Waals surface area contributed by atoms with Crippen molar-refractivity contribution in [1.29, 1.82) is 0 Å². The Kier molecular flexibility index (Phi) is 7.99. The first kappa shape index (κ1) is 22.1. The van der Waals surface area contributed by atoms with Gasteiger partial charge in [-0.15, -0.1) is 0 Å². The van der Waals surface area contributed by atoms with Crippen LogP contribution in [0.25, 0.3) is 0 Å². The molecule has 1 heterocycles. The Hall–Kier alpha value is -1.56. The molecule has 6 heteroatoms.